The minimum absolute atomic E-state index is 0.130. The van der Waals surface area contributed by atoms with Crippen LogP contribution in [0.3, 0.4) is 0 Å². The molecule has 0 atom stereocenters. The van der Waals surface area contributed by atoms with Crippen LogP contribution in [0.1, 0.15) is 24.2 Å². The molecule has 0 radical (unpaired) electrons. The summed E-state index contributed by atoms with van der Waals surface area (Å²) >= 11 is 1.07. The lowest BCUT2D eigenvalue weighted by Crippen LogP contribution is -2.24. The van der Waals surface area contributed by atoms with Crippen molar-refractivity contribution in [3.8, 4) is 0 Å². The molecule has 1 N–H and O–H groups in total. The van der Waals surface area contributed by atoms with Crippen molar-refractivity contribution in [2.75, 3.05) is 0 Å². The Hall–Kier alpha value is -2.15. The van der Waals surface area contributed by atoms with Gasteiger partial charge in [0.05, 0.1) is 5.56 Å². The zero-order valence-electron chi connectivity index (χ0n) is 11.7. The highest BCUT2D eigenvalue weighted by molar-refractivity contribution is 7.99. The van der Waals surface area contributed by atoms with E-state index < -0.39 is 5.97 Å². The molecular weight excluding hydrogens is 290 g/mol. The summed E-state index contributed by atoms with van der Waals surface area (Å²) in [5, 5.41) is 9.67. The van der Waals surface area contributed by atoms with Crippen LogP contribution in [-0.2, 0) is 6.54 Å². The van der Waals surface area contributed by atoms with Gasteiger partial charge in [-0.15, -0.1) is 0 Å². The molecule has 7 heteroatoms. The van der Waals surface area contributed by atoms with E-state index in [0.717, 1.165) is 11.8 Å². The van der Waals surface area contributed by atoms with Crippen LogP contribution in [0.25, 0.3) is 0 Å². The summed E-state index contributed by atoms with van der Waals surface area (Å²) in [5.41, 5.74) is -0.0651. The Morgan fingerprint density at radius 2 is 2.14 bits per heavy atom. The molecule has 0 spiro atoms. The summed E-state index contributed by atoms with van der Waals surface area (Å²) in [7, 11) is 0. The highest BCUT2D eigenvalue weighted by Gasteiger charge is 2.11. The molecule has 0 aliphatic heterocycles. The molecule has 0 fully saturated rings. The van der Waals surface area contributed by atoms with Crippen LogP contribution in [-0.4, -0.2) is 25.6 Å². The van der Waals surface area contributed by atoms with Gasteiger partial charge in [-0.25, -0.2) is 14.8 Å². The third-order valence-corrected chi connectivity index (χ3v) is 3.53. The van der Waals surface area contributed by atoms with E-state index in [9.17, 15) is 9.59 Å². The number of carboxylic acid groups (broad SMARTS) is 1. The molecule has 110 valence electrons. The third-order valence-electron chi connectivity index (χ3n) is 2.63. The zero-order valence-corrected chi connectivity index (χ0v) is 12.5. The number of aromatic carboxylic acids is 1. The molecule has 0 amide bonds. The minimum Gasteiger partial charge on any atom is -0.478 e. The van der Waals surface area contributed by atoms with Crippen LogP contribution in [0.5, 0.6) is 0 Å². The lowest BCUT2D eigenvalue weighted by atomic mass is 10.2. The van der Waals surface area contributed by atoms with Gasteiger partial charge in [0.1, 0.15) is 5.03 Å². The van der Waals surface area contributed by atoms with Crippen LogP contribution < -0.4 is 5.56 Å². The molecule has 2 rings (SSSR count). The molecule has 2 heterocycles. The van der Waals surface area contributed by atoms with Crippen molar-refractivity contribution in [1.29, 1.82) is 0 Å². The molecule has 21 heavy (non-hydrogen) atoms. The lowest BCUT2D eigenvalue weighted by Gasteiger charge is -2.09. The molecule has 0 aliphatic rings. The van der Waals surface area contributed by atoms with Gasteiger partial charge in [-0.05, 0) is 29.8 Å². The molecule has 0 saturated heterocycles. The van der Waals surface area contributed by atoms with Crippen molar-refractivity contribution in [2.24, 2.45) is 5.92 Å². The second-order valence-corrected chi connectivity index (χ2v) is 5.88. The number of carbonyl (C=O) groups is 1. The highest BCUT2D eigenvalue weighted by Crippen LogP contribution is 2.21. The molecule has 0 saturated carbocycles. The molecule has 0 aliphatic carbocycles. The first-order valence-corrected chi connectivity index (χ1v) is 7.21. The maximum absolute atomic E-state index is 12.3. The van der Waals surface area contributed by atoms with Crippen LogP contribution in [0.2, 0.25) is 0 Å². The van der Waals surface area contributed by atoms with Gasteiger partial charge in [-0.3, -0.25) is 4.79 Å². The maximum atomic E-state index is 12.3. The summed E-state index contributed by atoms with van der Waals surface area (Å²) < 4.78 is 1.60. The van der Waals surface area contributed by atoms with Gasteiger partial charge in [-0.2, -0.15) is 0 Å². The molecule has 2 aromatic rings. The van der Waals surface area contributed by atoms with E-state index in [4.69, 9.17) is 5.11 Å². The number of nitrogens with zero attached hydrogens (tertiary/aromatic N) is 3. The molecule has 0 aromatic carbocycles. The van der Waals surface area contributed by atoms with E-state index in [1.807, 2.05) is 13.8 Å². The van der Waals surface area contributed by atoms with E-state index in [1.54, 1.807) is 17.0 Å². The average Bonchev–Trinajstić information content (AvgIpc) is 2.43. The predicted molar refractivity (Wildman–Crippen MR) is 78.7 cm³/mol. The number of rotatable bonds is 5. The minimum atomic E-state index is -1.03. The highest BCUT2D eigenvalue weighted by atomic mass is 32.2. The van der Waals surface area contributed by atoms with Gasteiger partial charge in [0.15, 0.2) is 5.03 Å². The van der Waals surface area contributed by atoms with E-state index in [2.05, 4.69) is 9.97 Å². The second-order valence-electron chi connectivity index (χ2n) is 4.87. The standard InChI is InChI=1S/C14H15N3O3S/c1-9(2)8-17-6-5-16-12(13(17)18)21-11-7-10(14(19)20)3-4-15-11/h3-7,9H,8H2,1-2H3,(H,19,20). The summed E-state index contributed by atoms with van der Waals surface area (Å²) in [4.78, 5) is 31.3. The van der Waals surface area contributed by atoms with Crippen LogP contribution >= 0.6 is 11.8 Å². The van der Waals surface area contributed by atoms with Crippen LogP contribution in [0.4, 0.5) is 0 Å². The molecular formula is C14H15N3O3S. The van der Waals surface area contributed by atoms with Crippen LogP contribution in [0.15, 0.2) is 45.6 Å². The Labute approximate surface area is 125 Å². The Morgan fingerprint density at radius 3 is 2.81 bits per heavy atom. The topological polar surface area (TPSA) is 85.1 Å². The normalized spacial score (nSPS) is 10.8. The van der Waals surface area contributed by atoms with E-state index in [1.165, 1.54) is 18.3 Å². The summed E-state index contributed by atoms with van der Waals surface area (Å²) in [6.07, 6.45) is 4.61. The van der Waals surface area contributed by atoms with Crippen LogP contribution in [0, 0.1) is 5.92 Å². The SMILES string of the molecule is CC(C)Cn1ccnc(Sc2cc(C(=O)O)ccn2)c1=O. The quantitative estimate of drug-likeness (QED) is 0.911. The number of pyridine rings is 1. The van der Waals surface area contributed by atoms with Crippen molar-refractivity contribution in [3.05, 3.63) is 46.6 Å². The summed E-state index contributed by atoms with van der Waals surface area (Å²) in [6.45, 7) is 4.66. The fourth-order valence-corrected chi connectivity index (χ4v) is 2.55. The van der Waals surface area contributed by atoms with Gasteiger partial charge in [0, 0.05) is 25.1 Å². The molecule has 6 nitrogen and oxygen atoms in total. The van der Waals surface area contributed by atoms with Crippen molar-refractivity contribution >= 4 is 17.7 Å². The van der Waals surface area contributed by atoms with Gasteiger partial charge in [0.25, 0.3) is 5.56 Å². The predicted octanol–water partition coefficient (Wildman–Crippen LogP) is 2.14. The first kappa shape index (κ1) is 15.2. The van der Waals surface area contributed by atoms with Crippen molar-refractivity contribution in [1.82, 2.24) is 14.5 Å². The number of hydrogen-bond donors (Lipinski definition) is 1. The fourth-order valence-electron chi connectivity index (χ4n) is 1.73. The van der Waals surface area contributed by atoms with Crippen molar-refractivity contribution < 1.29 is 9.90 Å². The van der Waals surface area contributed by atoms with Crippen molar-refractivity contribution in [3.63, 3.8) is 0 Å². The Balaban J connectivity index is 2.30. The molecule has 0 bridgehead atoms. The summed E-state index contributed by atoms with van der Waals surface area (Å²) in [5.74, 6) is -0.686. The third kappa shape index (κ3) is 3.91. The molecule has 2 aromatic heterocycles. The fraction of sp³-hybridized carbons (Fsp3) is 0.286. The van der Waals surface area contributed by atoms with E-state index in [0.29, 0.717) is 17.5 Å². The lowest BCUT2D eigenvalue weighted by molar-refractivity contribution is 0.0696. The number of hydrogen-bond acceptors (Lipinski definition) is 5. The van der Waals surface area contributed by atoms with Gasteiger partial charge < -0.3 is 9.67 Å². The maximum Gasteiger partial charge on any atom is 0.335 e. The van der Waals surface area contributed by atoms with Gasteiger partial charge in [0.2, 0.25) is 0 Å². The largest absolute Gasteiger partial charge is 0.478 e. The Kier molecular flexibility index (Phi) is 4.74. The van der Waals surface area contributed by atoms with E-state index in [-0.39, 0.29) is 16.1 Å². The average molecular weight is 305 g/mol. The Morgan fingerprint density at radius 1 is 1.38 bits per heavy atom. The van der Waals surface area contributed by atoms with Gasteiger partial charge in [-0.1, -0.05) is 13.8 Å². The first-order valence-electron chi connectivity index (χ1n) is 6.40. The summed E-state index contributed by atoms with van der Waals surface area (Å²) in [6, 6.07) is 2.83. The first-order chi connectivity index (χ1) is 9.97. The second kappa shape index (κ2) is 6.53. The van der Waals surface area contributed by atoms with E-state index >= 15 is 0 Å². The number of aromatic nitrogens is 3. The van der Waals surface area contributed by atoms with Gasteiger partial charge >= 0.3 is 5.97 Å². The Bertz CT molecular complexity index is 713. The monoisotopic (exact) mass is 305 g/mol. The molecule has 0 unspecified atom stereocenters. The smallest absolute Gasteiger partial charge is 0.335 e. The zero-order chi connectivity index (χ0) is 15.4. The van der Waals surface area contributed by atoms with Crippen molar-refractivity contribution in [2.45, 2.75) is 30.4 Å². The number of carboxylic acids is 1.